The molecule has 1 amide bonds. The topological polar surface area (TPSA) is 47.4 Å². The van der Waals surface area contributed by atoms with E-state index in [1.165, 1.54) is 5.56 Å². The molecule has 0 bridgehead atoms. The summed E-state index contributed by atoms with van der Waals surface area (Å²) in [6.07, 6.45) is 3.30. The monoisotopic (exact) mass is 265 g/mol. The van der Waals surface area contributed by atoms with Gasteiger partial charge < -0.3 is 9.64 Å². The number of hydrogen-bond donors (Lipinski definition) is 0. The van der Waals surface area contributed by atoms with Gasteiger partial charge >= 0.3 is 6.03 Å². The van der Waals surface area contributed by atoms with E-state index in [2.05, 4.69) is 12.0 Å². The van der Waals surface area contributed by atoms with Crippen molar-refractivity contribution in [2.24, 2.45) is 0 Å². The third-order valence-corrected chi connectivity index (χ3v) is 3.68. The quantitative estimate of drug-likeness (QED) is 0.841. The lowest BCUT2D eigenvalue weighted by Crippen LogP contribution is -2.43. The summed E-state index contributed by atoms with van der Waals surface area (Å²) in [4.78, 5) is 14.2. The smallest absolute Gasteiger partial charge is 0.345 e. The second-order valence-electron chi connectivity index (χ2n) is 5.05. The molecule has 0 atom stereocenters. The Kier molecular flexibility index (Phi) is 4.58. The Hall–Kier alpha value is -1.36. The molecule has 0 saturated carbocycles. The van der Waals surface area contributed by atoms with Gasteiger partial charge in [0.05, 0.1) is 18.9 Å². The molecule has 0 aliphatic carbocycles. The van der Waals surface area contributed by atoms with Crippen molar-refractivity contribution in [1.29, 1.82) is 0 Å². The number of morpholine rings is 1. The maximum atomic E-state index is 12.4. The zero-order valence-electron chi connectivity index (χ0n) is 12.1. The molecule has 1 aliphatic heterocycles. The van der Waals surface area contributed by atoms with Crippen LogP contribution in [0.5, 0.6) is 0 Å². The number of ether oxygens (including phenoxy) is 1. The molecule has 0 unspecified atom stereocenters. The van der Waals surface area contributed by atoms with Crippen molar-refractivity contribution in [3.63, 3.8) is 0 Å². The molecular weight excluding hydrogens is 242 g/mol. The Morgan fingerprint density at radius 1 is 1.32 bits per heavy atom. The van der Waals surface area contributed by atoms with Crippen LogP contribution >= 0.6 is 0 Å². The fraction of sp³-hybridized carbons (Fsp3) is 0.714. The van der Waals surface area contributed by atoms with Crippen LogP contribution in [0.4, 0.5) is 4.79 Å². The summed E-state index contributed by atoms with van der Waals surface area (Å²) in [5.74, 6) is 0. The highest BCUT2D eigenvalue weighted by Crippen LogP contribution is 2.17. The molecule has 1 aliphatic rings. The van der Waals surface area contributed by atoms with E-state index in [-0.39, 0.29) is 6.03 Å². The van der Waals surface area contributed by atoms with Crippen molar-refractivity contribution < 1.29 is 9.53 Å². The first-order valence-corrected chi connectivity index (χ1v) is 7.07. The summed E-state index contributed by atoms with van der Waals surface area (Å²) in [5.41, 5.74) is 3.19. The van der Waals surface area contributed by atoms with E-state index in [0.29, 0.717) is 26.3 Å². The molecule has 1 fully saturated rings. The average molecular weight is 265 g/mol. The highest BCUT2D eigenvalue weighted by atomic mass is 16.5. The van der Waals surface area contributed by atoms with Gasteiger partial charge in [-0.15, -0.1) is 0 Å². The molecule has 2 heterocycles. The largest absolute Gasteiger partial charge is 0.378 e. The van der Waals surface area contributed by atoms with Gasteiger partial charge in [-0.3, -0.25) is 0 Å². The normalized spacial score (nSPS) is 15.8. The molecule has 0 spiro atoms. The number of carbonyl (C=O) groups excluding carboxylic acids is 1. The standard InChI is InChI=1S/C14H23N3O2/c1-4-5-6-13-11(2)15-17(12(13)3)14(18)16-7-9-19-10-8-16/h4-10H2,1-3H3. The van der Waals surface area contributed by atoms with Crippen LogP contribution in [0.15, 0.2) is 0 Å². The Labute approximate surface area is 114 Å². The van der Waals surface area contributed by atoms with Gasteiger partial charge in [0.1, 0.15) is 0 Å². The van der Waals surface area contributed by atoms with Gasteiger partial charge in [-0.05, 0) is 32.3 Å². The van der Waals surface area contributed by atoms with Crippen LogP contribution in [0.3, 0.4) is 0 Å². The summed E-state index contributed by atoms with van der Waals surface area (Å²) in [6, 6.07) is -0.0216. The fourth-order valence-electron chi connectivity index (χ4n) is 2.47. The van der Waals surface area contributed by atoms with Gasteiger partial charge in [-0.2, -0.15) is 9.78 Å². The minimum absolute atomic E-state index is 0.0216. The predicted molar refractivity (Wildman–Crippen MR) is 73.5 cm³/mol. The number of aromatic nitrogens is 2. The molecule has 1 saturated heterocycles. The Bertz CT molecular complexity index is 448. The van der Waals surface area contributed by atoms with Gasteiger partial charge in [0.15, 0.2) is 0 Å². The fourth-order valence-corrected chi connectivity index (χ4v) is 2.47. The average Bonchev–Trinajstić information content (AvgIpc) is 2.72. The number of nitrogens with zero attached hydrogens (tertiary/aromatic N) is 3. The predicted octanol–water partition coefficient (Wildman–Crippen LogP) is 2.14. The third kappa shape index (κ3) is 2.97. The third-order valence-electron chi connectivity index (χ3n) is 3.68. The van der Waals surface area contributed by atoms with Crippen molar-refractivity contribution in [3.8, 4) is 0 Å². The molecule has 0 N–H and O–H groups in total. The van der Waals surface area contributed by atoms with Crippen molar-refractivity contribution in [1.82, 2.24) is 14.7 Å². The van der Waals surface area contributed by atoms with Crippen molar-refractivity contribution in [2.75, 3.05) is 26.3 Å². The van der Waals surface area contributed by atoms with Gasteiger partial charge in [0.25, 0.3) is 0 Å². The number of amides is 1. The van der Waals surface area contributed by atoms with E-state index >= 15 is 0 Å². The highest BCUT2D eigenvalue weighted by molar-refractivity contribution is 5.77. The first-order chi connectivity index (χ1) is 9.15. The molecule has 106 valence electrons. The van der Waals surface area contributed by atoms with Crippen LogP contribution in [0.25, 0.3) is 0 Å². The van der Waals surface area contributed by atoms with Crippen molar-refractivity contribution >= 4 is 6.03 Å². The summed E-state index contributed by atoms with van der Waals surface area (Å²) in [5, 5.41) is 4.42. The molecule has 1 aromatic heterocycles. The molecule has 1 aromatic rings. The van der Waals surface area contributed by atoms with E-state index < -0.39 is 0 Å². The zero-order valence-corrected chi connectivity index (χ0v) is 12.1. The Morgan fingerprint density at radius 2 is 2.00 bits per heavy atom. The molecule has 5 heteroatoms. The minimum atomic E-state index is -0.0216. The van der Waals surface area contributed by atoms with Gasteiger partial charge in [0, 0.05) is 18.8 Å². The number of hydrogen-bond acceptors (Lipinski definition) is 3. The molecular formula is C14H23N3O2. The van der Waals surface area contributed by atoms with Crippen LogP contribution < -0.4 is 0 Å². The molecule has 0 aromatic carbocycles. The second-order valence-corrected chi connectivity index (χ2v) is 5.05. The van der Waals surface area contributed by atoms with Gasteiger partial charge in [-0.25, -0.2) is 4.79 Å². The van der Waals surface area contributed by atoms with E-state index in [1.807, 2.05) is 18.7 Å². The SMILES string of the molecule is CCCCc1c(C)nn(C(=O)N2CCOCC2)c1C. The lowest BCUT2D eigenvalue weighted by Gasteiger charge is -2.26. The molecule has 0 radical (unpaired) electrons. The lowest BCUT2D eigenvalue weighted by atomic mass is 10.1. The molecule has 19 heavy (non-hydrogen) atoms. The molecule has 5 nitrogen and oxygen atoms in total. The number of aryl methyl sites for hydroxylation is 1. The summed E-state index contributed by atoms with van der Waals surface area (Å²) in [7, 11) is 0. The highest BCUT2D eigenvalue weighted by Gasteiger charge is 2.22. The van der Waals surface area contributed by atoms with Crippen LogP contribution in [0, 0.1) is 13.8 Å². The van der Waals surface area contributed by atoms with E-state index in [0.717, 1.165) is 30.7 Å². The van der Waals surface area contributed by atoms with Crippen LogP contribution in [0.2, 0.25) is 0 Å². The summed E-state index contributed by atoms with van der Waals surface area (Å²) < 4.78 is 6.84. The van der Waals surface area contributed by atoms with E-state index in [9.17, 15) is 4.79 Å². The Balaban J connectivity index is 2.17. The van der Waals surface area contributed by atoms with Gasteiger partial charge in [-0.1, -0.05) is 13.3 Å². The van der Waals surface area contributed by atoms with E-state index in [1.54, 1.807) is 4.68 Å². The first kappa shape index (κ1) is 14.1. The Morgan fingerprint density at radius 3 is 2.63 bits per heavy atom. The molecule has 2 rings (SSSR count). The van der Waals surface area contributed by atoms with Gasteiger partial charge in [0.2, 0.25) is 0 Å². The van der Waals surface area contributed by atoms with E-state index in [4.69, 9.17) is 4.74 Å². The van der Waals surface area contributed by atoms with Crippen LogP contribution in [-0.2, 0) is 11.2 Å². The maximum absolute atomic E-state index is 12.4. The summed E-state index contributed by atoms with van der Waals surface area (Å²) in [6.45, 7) is 8.70. The van der Waals surface area contributed by atoms with Crippen LogP contribution in [-0.4, -0.2) is 47.0 Å². The maximum Gasteiger partial charge on any atom is 0.345 e. The number of unbranched alkanes of at least 4 members (excludes halogenated alkanes) is 1. The summed E-state index contributed by atoms with van der Waals surface area (Å²) >= 11 is 0. The number of carbonyl (C=O) groups is 1. The zero-order chi connectivity index (χ0) is 13.8. The van der Waals surface area contributed by atoms with Crippen LogP contribution in [0.1, 0.15) is 36.7 Å². The first-order valence-electron chi connectivity index (χ1n) is 7.07. The number of rotatable bonds is 3. The minimum Gasteiger partial charge on any atom is -0.378 e. The van der Waals surface area contributed by atoms with Crippen molar-refractivity contribution in [2.45, 2.75) is 40.0 Å². The van der Waals surface area contributed by atoms with Crippen molar-refractivity contribution in [3.05, 3.63) is 17.0 Å². The second kappa shape index (κ2) is 6.19. The lowest BCUT2D eigenvalue weighted by molar-refractivity contribution is 0.0527.